The highest BCUT2D eigenvalue weighted by atomic mass is 79.9. The van der Waals surface area contributed by atoms with Gasteiger partial charge in [-0.25, -0.2) is 0 Å². The number of anilines is 2. The van der Waals surface area contributed by atoms with Crippen molar-refractivity contribution >= 4 is 54.6 Å². The zero-order chi connectivity index (χ0) is 15.8. The van der Waals surface area contributed by atoms with E-state index in [1.807, 2.05) is 48.5 Å². The van der Waals surface area contributed by atoms with Gasteiger partial charge < -0.3 is 5.32 Å². The summed E-state index contributed by atoms with van der Waals surface area (Å²) in [6.07, 6.45) is 0. The highest BCUT2D eigenvalue weighted by Crippen LogP contribution is 2.27. The van der Waals surface area contributed by atoms with Crippen molar-refractivity contribution in [2.45, 2.75) is 0 Å². The summed E-state index contributed by atoms with van der Waals surface area (Å²) in [5, 5.41) is 17.6. The molecule has 0 fully saturated rings. The van der Waals surface area contributed by atoms with E-state index in [0.717, 1.165) is 25.8 Å². The molecule has 1 N–H and O–H groups in total. The molecular formula is C15H9BrClN5S. The van der Waals surface area contributed by atoms with Crippen molar-refractivity contribution in [2.24, 2.45) is 0 Å². The molecule has 114 valence electrons. The molecular weight excluding hydrogens is 398 g/mol. The van der Waals surface area contributed by atoms with Gasteiger partial charge in [-0.1, -0.05) is 57.1 Å². The van der Waals surface area contributed by atoms with Gasteiger partial charge in [0.05, 0.1) is 0 Å². The van der Waals surface area contributed by atoms with Crippen LogP contribution < -0.4 is 5.32 Å². The molecule has 0 spiro atoms. The summed E-state index contributed by atoms with van der Waals surface area (Å²) in [6, 6.07) is 15.4. The van der Waals surface area contributed by atoms with E-state index in [-0.39, 0.29) is 0 Å². The molecule has 0 saturated carbocycles. The second kappa shape index (κ2) is 5.92. The molecule has 5 nitrogen and oxygen atoms in total. The summed E-state index contributed by atoms with van der Waals surface area (Å²) in [4.78, 5) is 0.729. The first-order valence-electron chi connectivity index (χ1n) is 6.70. The van der Waals surface area contributed by atoms with Gasteiger partial charge >= 0.3 is 0 Å². The molecule has 23 heavy (non-hydrogen) atoms. The minimum Gasteiger partial charge on any atom is -0.330 e. The molecule has 0 aliphatic heterocycles. The van der Waals surface area contributed by atoms with Crippen molar-refractivity contribution in [1.29, 1.82) is 0 Å². The van der Waals surface area contributed by atoms with Crippen LogP contribution in [0.1, 0.15) is 0 Å². The maximum absolute atomic E-state index is 6.00. The van der Waals surface area contributed by atoms with E-state index < -0.39 is 0 Å². The first-order chi connectivity index (χ1) is 11.2. The van der Waals surface area contributed by atoms with Crippen LogP contribution in [0.5, 0.6) is 0 Å². The predicted molar refractivity (Wildman–Crippen MR) is 96.5 cm³/mol. The number of hydrogen-bond acceptors (Lipinski definition) is 5. The molecule has 0 saturated heterocycles. The molecule has 2 aromatic heterocycles. The van der Waals surface area contributed by atoms with Crippen molar-refractivity contribution in [3.8, 4) is 11.4 Å². The Morgan fingerprint density at radius 2 is 1.91 bits per heavy atom. The monoisotopic (exact) mass is 405 g/mol. The van der Waals surface area contributed by atoms with Crippen molar-refractivity contribution < 1.29 is 0 Å². The average Bonchev–Trinajstić information content (AvgIpc) is 3.08. The van der Waals surface area contributed by atoms with Crippen LogP contribution in [0, 0.1) is 0 Å². The minimum absolute atomic E-state index is 0.675. The van der Waals surface area contributed by atoms with Gasteiger partial charge in [-0.2, -0.15) is 4.52 Å². The van der Waals surface area contributed by atoms with E-state index in [1.54, 1.807) is 4.52 Å². The molecule has 0 aliphatic rings. The number of nitrogens with zero attached hydrogens (tertiary/aromatic N) is 4. The SMILES string of the molecule is Clc1cccc(Nc2nn3c(-c4ccc(Br)cc4)nnc3s2)c1. The Morgan fingerprint density at radius 3 is 2.70 bits per heavy atom. The second-order valence-electron chi connectivity index (χ2n) is 4.77. The summed E-state index contributed by atoms with van der Waals surface area (Å²) >= 11 is 10.9. The first kappa shape index (κ1) is 14.6. The number of benzene rings is 2. The number of hydrogen-bond donors (Lipinski definition) is 1. The van der Waals surface area contributed by atoms with Gasteiger partial charge in [0.15, 0.2) is 5.82 Å². The molecule has 8 heteroatoms. The lowest BCUT2D eigenvalue weighted by atomic mass is 10.2. The van der Waals surface area contributed by atoms with Crippen LogP contribution in [-0.4, -0.2) is 19.8 Å². The summed E-state index contributed by atoms with van der Waals surface area (Å²) < 4.78 is 2.75. The van der Waals surface area contributed by atoms with Crippen LogP contribution >= 0.6 is 38.9 Å². The topological polar surface area (TPSA) is 55.1 Å². The van der Waals surface area contributed by atoms with Crippen molar-refractivity contribution in [3.63, 3.8) is 0 Å². The Kier molecular flexibility index (Phi) is 3.76. The molecule has 2 heterocycles. The summed E-state index contributed by atoms with van der Waals surface area (Å²) in [5.74, 6) is 0.711. The van der Waals surface area contributed by atoms with E-state index in [9.17, 15) is 0 Å². The predicted octanol–water partition coefficient (Wildman–Crippen LogP) is 5.01. The lowest BCUT2D eigenvalue weighted by Crippen LogP contribution is -1.94. The molecule has 0 amide bonds. The quantitative estimate of drug-likeness (QED) is 0.519. The van der Waals surface area contributed by atoms with E-state index in [4.69, 9.17) is 11.6 Å². The number of rotatable bonds is 3. The summed E-state index contributed by atoms with van der Waals surface area (Å²) in [6.45, 7) is 0. The fourth-order valence-electron chi connectivity index (χ4n) is 2.14. The van der Waals surface area contributed by atoms with Gasteiger partial charge in [-0.3, -0.25) is 0 Å². The molecule has 0 radical (unpaired) electrons. The zero-order valence-corrected chi connectivity index (χ0v) is 14.7. The fraction of sp³-hybridized carbons (Fsp3) is 0. The Balaban J connectivity index is 1.70. The first-order valence-corrected chi connectivity index (χ1v) is 8.68. The van der Waals surface area contributed by atoms with E-state index in [1.165, 1.54) is 11.3 Å². The number of nitrogens with one attached hydrogen (secondary N) is 1. The zero-order valence-electron chi connectivity index (χ0n) is 11.6. The van der Waals surface area contributed by atoms with Gasteiger partial charge in [0.25, 0.3) is 0 Å². The molecule has 0 aliphatic carbocycles. The summed E-state index contributed by atoms with van der Waals surface area (Å²) in [5.41, 5.74) is 1.84. The highest BCUT2D eigenvalue weighted by Gasteiger charge is 2.13. The van der Waals surface area contributed by atoms with Crippen LogP contribution in [0.4, 0.5) is 10.8 Å². The second-order valence-corrected chi connectivity index (χ2v) is 7.08. The maximum atomic E-state index is 6.00. The third kappa shape index (κ3) is 2.95. The van der Waals surface area contributed by atoms with E-state index in [0.29, 0.717) is 10.8 Å². The lowest BCUT2D eigenvalue weighted by molar-refractivity contribution is 0.970. The van der Waals surface area contributed by atoms with Crippen molar-refractivity contribution in [1.82, 2.24) is 19.8 Å². The number of aromatic nitrogens is 4. The third-order valence-electron chi connectivity index (χ3n) is 3.17. The Bertz CT molecular complexity index is 979. The van der Waals surface area contributed by atoms with Gasteiger partial charge in [0.2, 0.25) is 10.1 Å². The van der Waals surface area contributed by atoms with Gasteiger partial charge in [0.1, 0.15) is 0 Å². The Labute approximate surface area is 149 Å². The minimum atomic E-state index is 0.675. The highest BCUT2D eigenvalue weighted by molar-refractivity contribution is 9.10. The van der Waals surface area contributed by atoms with E-state index in [2.05, 4.69) is 36.5 Å². The molecule has 0 bridgehead atoms. The summed E-state index contributed by atoms with van der Waals surface area (Å²) in [7, 11) is 0. The smallest absolute Gasteiger partial charge is 0.236 e. The average molecular weight is 407 g/mol. The molecule has 0 atom stereocenters. The third-order valence-corrected chi connectivity index (χ3v) is 4.75. The maximum Gasteiger partial charge on any atom is 0.236 e. The Hall–Kier alpha value is -1.96. The fourth-order valence-corrected chi connectivity index (χ4v) is 3.35. The Morgan fingerprint density at radius 1 is 1.09 bits per heavy atom. The largest absolute Gasteiger partial charge is 0.330 e. The van der Waals surface area contributed by atoms with Crippen LogP contribution in [0.15, 0.2) is 53.0 Å². The number of fused-ring (bicyclic) bond motifs is 1. The molecule has 4 aromatic rings. The van der Waals surface area contributed by atoms with Crippen LogP contribution in [0.25, 0.3) is 16.3 Å². The van der Waals surface area contributed by atoms with Crippen LogP contribution in [0.2, 0.25) is 5.02 Å². The normalized spacial score (nSPS) is 11.0. The van der Waals surface area contributed by atoms with Crippen molar-refractivity contribution in [3.05, 3.63) is 58.0 Å². The van der Waals surface area contributed by atoms with Gasteiger partial charge in [-0.05, 0) is 30.3 Å². The number of halogens is 2. The van der Waals surface area contributed by atoms with Crippen LogP contribution in [-0.2, 0) is 0 Å². The standard InChI is InChI=1S/C15H9BrClN5S/c16-10-6-4-9(5-7-10)13-19-20-15-22(13)21-14(23-15)18-12-3-1-2-11(17)8-12/h1-8H,(H,18,21). The van der Waals surface area contributed by atoms with Gasteiger partial charge in [0, 0.05) is 20.7 Å². The lowest BCUT2D eigenvalue weighted by Gasteiger charge is -2.01. The van der Waals surface area contributed by atoms with Crippen molar-refractivity contribution in [2.75, 3.05) is 5.32 Å². The molecule has 4 rings (SSSR count). The van der Waals surface area contributed by atoms with Crippen LogP contribution in [0.3, 0.4) is 0 Å². The van der Waals surface area contributed by atoms with E-state index >= 15 is 0 Å². The molecule has 0 unspecified atom stereocenters. The van der Waals surface area contributed by atoms with Gasteiger partial charge in [-0.15, -0.1) is 15.3 Å². The molecule has 2 aromatic carbocycles.